The van der Waals surface area contributed by atoms with Crippen molar-refractivity contribution in [2.24, 2.45) is 5.92 Å². The van der Waals surface area contributed by atoms with Gasteiger partial charge in [-0.3, -0.25) is 0 Å². The van der Waals surface area contributed by atoms with Crippen molar-refractivity contribution in [3.63, 3.8) is 0 Å². The number of hydrogen-bond acceptors (Lipinski definition) is 3. The fraction of sp³-hybridized carbons (Fsp3) is 0.700. The van der Waals surface area contributed by atoms with Crippen LogP contribution in [-0.4, -0.2) is 32.1 Å². The quantitative estimate of drug-likeness (QED) is 0.811. The Kier molecular flexibility index (Phi) is 4.33. The molecule has 1 aromatic carbocycles. The predicted molar refractivity (Wildman–Crippen MR) is 92.9 cm³/mol. The van der Waals surface area contributed by atoms with E-state index in [4.69, 9.17) is 9.47 Å². The van der Waals surface area contributed by atoms with Crippen molar-refractivity contribution in [3.8, 4) is 0 Å². The number of benzene rings is 1. The molecule has 0 unspecified atom stereocenters. The molecule has 23 heavy (non-hydrogen) atoms. The monoisotopic (exact) mass is 315 g/mol. The number of hydrogen-bond donors (Lipinski definition) is 0. The second kappa shape index (κ2) is 6.45. The summed E-state index contributed by atoms with van der Waals surface area (Å²) in [6, 6.07) is 9.29. The number of ether oxygens (including phenoxy) is 2. The van der Waals surface area contributed by atoms with Crippen molar-refractivity contribution >= 4 is 5.69 Å². The third-order valence-corrected chi connectivity index (χ3v) is 5.92. The van der Waals surface area contributed by atoms with Gasteiger partial charge in [0.2, 0.25) is 0 Å². The third kappa shape index (κ3) is 3.27. The molecule has 2 aliphatic heterocycles. The maximum atomic E-state index is 5.87. The molecule has 1 spiro atoms. The van der Waals surface area contributed by atoms with Crippen molar-refractivity contribution in [1.82, 2.24) is 0 Å². The molecule has 3 heteroatoms. The van der Waals surface area contributed by atoms with E-state index in [0.717, 1.165) is 32.0 Å². The lowest BCUT2D eigenvalue weighted by Crippen LogP contribution is -2.35. The number of rotatable bonds is 2. The first-order valence-electron chi connectivity index (χ1n) is 9.37. The Morgan fingerprint density at radius 3 is 2.61 bits per heavy atom. The van der Waals surface area contributed by atoms with Gasteiger partial charge in [0.1, 0.15) is 0 Å². The summed E-state index contributed by atoms with van der Waals surface area (Å²) in [7, 11) is 0. The van der Waals surface area contributed by atoms with E-state index in [0.29, 0.717) is 5.92 Å². The molecule has 0 radical (unpaired) electrons. The minimum atomic E-state index is -0.240. The van der Waals surface area contributed by atoms with Crippen LogP contribution in [-0.2, 0) is 9.47 Å². The molecule has 126 valence electrons. The Balaban J connectivity index is 1.44. The first kappa shape index (κ1) is 15.5. The second-order valence-corrected chi connectivity index (χ2v) is 7.67. The first-order chi connectivity index (χ1) is 11.2. The van der Waals surface area contributed by atoms with Crippen LogP contribution >= 0.6 is 0 Å². The van der Waals surface area contributed by atoms with Crippen LogP contribution in [0.5, 0.6) is 0 Å². The zero-order chi connectivity index (χ0) is 15.7. The topological polar surface area (TPSA) is 21.7 Å². The van der Waals surface area contributed by atoms with Gasteiger partial charge in [0.15, 0.2) is 5.79 Å². The van der Waals surface area contributed by atoms with Crippen molar-refractivity contribution in [1.29, 1.82) is 0 Å². The molecule has 1 aliphatic carbocycles. The summed E-state index contributed by atoms with van der Waals surface area (Å²) in [5.41, 5.74) is 2.93. The maximum absolute atomic E-state index is 5.87. The van der Waals surface area contributed by atoms with Gasteiger partial charge < -0.3 is 14.4 Å². The van der Waals surface area contributed by atoms with Gasteiger partial charge in [0.05, 0.1) is 13.2 Å². The van der Waals surface area contributed by atoms with E-state index in [2.05, 4.69) is 36.1 Å². The molecule has 3 fully saturated rings. The van der Waals surface area contributed by atoms with Crippen LogP contribution in [0.2, 0.25) is 0 Å². The Morgan fingerprint density at radius 2 is 1.87 bits per heavy atom. The SMILES string of the molecule is C[C@H]1CCCN(c2cccc(C3CCC4(CC3)OCCO4)c2)C1. The molecule has 2 heterocycles. The van der Waals surface area contributed by atoms with E-state index in [-0.39, 0.29) is 5.79 Å². The summed E-state index contributed by atoms with van der Waals surface area (Å²) in [6.07, 6.45) is 7.15. The van der Waals surface area contributed by atoms with Gasteiger partial charge in [-0.1, -0.05) is 19.1 Å². The molecular weight excluding hydrogens is 286 g/mol. The zero-order valence-electron chi connectivity index (χ0n) is 14.3. The average molecular weight is 315 g/mol. The van der Waals surface area contributed by atoms with Crippen LogP contribution in [0.25, 0.3) is 0 Å². The van der Waals surface area contributed by atoms with Gasteiger partial charge in [-0.25, -0.2) is 0 Å². The van der Waals surface area contributed by atoms with E-state index in [1.54, 1.807) is 0 Å². The van der Waals surface area contributed by atoms with Gasteiger partial charge in [-0.2, -0.15) is 0 Å². The van der Waals surface area contributed by atoms with E-state index >= 15 is 0 Å². The van der Waals surface area contributed by atoms with Gasteiger partial charge >= 0.3 is 0 Å². The van der Waals surface area contributed by atoms with E-state index < -0.39 is 0 Å². The highest BCUT2D eigenvalue weighted by Crippen LogP contribution is 2.42. The highest BCUT2D eigenvalue weighted by molar-refractivity contribution is 5.49. The third-order valence-electron chi connectivity index (χ3n) is 5.92. The summed E-state index contributed by atoms with van der Waals surface area (Å²) in [6.45, 7) is 6.33. The highest BCUT2D eigenvalue weighted by Gasteiger charge is 2.40. The highest BCUT2D eigenvalue weighted by atomic mass is 16.7. The van der Waals surface area contributed by atoms with Crippen LogP contribution in [0.4, 0.5) is 5.69 Å². The van der Waals surface area contributed by atoms with Crippen LogP contribution < -0.4 is 4.90 Å². The lowest BCUT2D eigenvalue weighted by molar-refractivity contribution is -0.178. The van der Waals surface area contributed by atoms with Crippen molar-refractivity contribution in [2.75, 3.05) is 31.2 Å². The molecule has 0 amide bonds. The Labute approximate surface area is 140 Å². The number of nitrogens with zero attached hydrogens (tertiary/aromatic N) is 1. The summed E-state index contributed by atoms with van der Waals surface area (Å²) in [5.74, 6) is 1.24. The van der Waals surface area contributed by atoms with Crippen molar-refractivity contribution < 1.29 is 9.47 Å². The molecule has 0 aromatic heterocycles. The molecule has 3 nitrogen and oxygen atoms in total. The summed E-state index contributed by atoms with van der Waals surface area (Å²) in [5, 5.41) is 0. The fourth-order valence-electron chi connectivity index (χ4n) is 4.58. The zero-order valence-corrected chi connectivity index (χ0v) is 14.3. The predicted octanol–water partition coefficient (Wildman–Crippen LogP) is 4.32. The fourth-order valence-corrected chi connectivity index (χ4v) is 4.58. The summed E-state index contributed by atoms with van der Waals surface area (Å²) >= 11 is 0. The summed E-state index contributed by atoms with van der Waals surface area (Å²) in [4.78, 5) is 2.57. The lowest BCUT2D eigenvalue weighted by Gasteiger charge is -2.36. The standard InChI is InChI=1S/C20H29NO2/c1-16-4-3-11-21(15-16)19-6-2-5-18(14-19)17-7-9-20(10-8-17)22-12-13-23-20/h2,5-6,14,16-17H,3-4,7-13,15H2,1H3/t16-/m0/s1. The molecule has 1 atom stereocenters. The van der Waals surface area contributed by atoms with Crippen LogP contribution in [0.1, 0.15) is 56.9 Å². The molecule has 4 rings (SSSR count). The lowest BCUT2D eigenvalue weighted by atomic mass is 9.81. The van der Waals surface area contributed by atoms with Gasteiger partial charge in [0, 0.05) is 31.6 Å². The summed E-state index contributed by atoms with van der Waals surface area (Å²) < 4.78 is 11.7. The minimum absolute atomic E-state index is 0.240. The first-order valence-corrected chi connectivity index (χ1v) is 9.37. The van der Waals surface area contributed by atoms with Crippen LogP contribution in [0.15, 0.2) is 24.3 Å². The Bertz CT molecular complexity index is 528. The van der Waals surface area contributed by atoms with Crippen LogP contribution in [0.3, 0.4) is 0 Å². The molecular formula is C20H29NO2. The van der Waals surface area contributed by atoms with E-state index in [1.165, 1.54) is 50.0 Å². The Hall–Kier alpha value is -1.06. The molecule has 0 N–H and O–H groups in total. The molecule has 1 aromatic rings. The number of anilines is 1. The normalized spacial score (nSPS) is 28.4. The van der Waals surface area contributed by atoms with Gasteiger partial charge in [-0.15, -0.1) is 0 Å². The van der Waals surface area contributed by atoms with Gasteiger partial charge in [-0.05, 0) is 55.2 Å². The average Bonchev–Trinajstić information content (AvgIpc) is 3.04. The smallest absolute Gasteiger partial charge is 0.168 e. The second-order valence-electron chi connectivity index (χ2n) is 7.67. The number of piperidine rings is 1. The largest absolute Gasteiger partial charge is 0.371 e. The minimum Gasteiger partial charge on any atom is -0.371 e. The van der Waals surface area contributed by atoms with Crippen molar-refractivity contribution in [2.45, 2.75) is 57.2 Å². The van der Waals surface area contributed by atoms with Gasteiger partial charge in [0.25, 0.3) is 0 Å². The van der Waals surface area contributed by atoms with Crippen molar-refractivity contribution in [3.05, 3.63) is 29.8 Å². The van der Waals surface area contributed by atoms with Crippen LogP contribution in [0, 0.1) is 5.92 Å². The van der Waals surface area contributed by atoms with E-state index in [1.807, 2.05) is 0 Å². The van der Waals surface area contributed by atoms with E-state index in [9.17, 15) is 0 Å². The molecule has 1 saturated carbocycles. The molecule has 2 saturated heterocycles. The molecule has 3 aliphatic rings. The maximum Gasteiger partial charge on any atom is 0.168 e. The Morgan fingerprint density at radius 1 is 1.09 bits per heavy atom. The molecule has 0 bridgehead atoms.